The number of nitrogens with one attached hydrogen (secondary N) is 1. The van der Waals surface area contributed by atoms with E-state index in [-0.39, 0.29) is 12.3 Å². The maximum atomic E-state index is 12.0. The van der Waals surface area contributed by atoms with Crippen LogP contribution in [0.5, 0.6) is 0 Å². The molecule has 0 aliphatic carbocycles. The maximum absolute atomic E-state index is 12.0. The summed E-state index contributed by atoms with van der Waals surface area (Å²) in [7, 11) is 0. The van der Waals surface area contributed by atoms with Crippen molar-refractivity contribution >= 4 is 17.2 Å². The van der Waals surface area contributed by atoms with Gasteiger partial charge in [-0.25, -0.2) is 4.98 Å². The Hall–Kier alpha value is -3.04. The molecule has 1 aromatic carbocycles. The molecular formula is C18H14N4OS. The summed E-state index contributed by atoms with van der Waals surface area (Å²) in [4.78, 5) is 20.6. The van der Waals surface area contributed by atoms with Crippen LogP contribution in [0.25, 0.3) is 10.6 Å². The molecule has 0 unspecified atom stereocenters. The molecule has 24 heavy (non-hydrogen) atoms. The van der Waals surface area contributed by atoms with Crippen LogP contribution in [0, 0.1) is 11.3 Å². The Bertz CT molecular complexity index is 866. The molecule has 0 fully saturated rings. The van der Waals surface area contributed by atoms with Gasteiger partial charge in [-0.15, -0.1) is 11.3 Å². The number of benzene rings is 1. The molecule has 0 radical (unpaired) electrons. The van der Waals surface area contributed by atoms with E-state index in [2.05, 4.69) is 21.4 Å². The first-order chi connectivity index (χ1) is 11.7. The second-order valence-electron chi connectivity index (χ2n) is 5.15. The number of aromatic nitrogens is 2. The standard InChI is InChI=1S/C18H14N4OS/c19-9-13-3-5-14(6-4-13)10-21-17(23)8-16-12-24-18(22-16)15-2-1-7-20-11-15/h1-7,11-12H,8,10H2,(H,21,23). The van der Waals surface area contributed by atoms with E-state index < -0.39 is 0 Å². The lowest BCUT2D eigenvalue weighted by Crippen LogP contribution is -2.24. The number of amides is 1. The molecule has 0 spiro atoms. The minimum Gasteiger partial charge on any atom is -0.352 e. The number of pyridine rings is 1. The first-order valence-electron chi connectivity index (χ1n) is 7.35. The highest BCUT2D eigenvalue weighted by Gasteiger charge is 2.09. The van der Waals surface area contributed by atoms with Crippen LogP contribution in [0.3, 0.4) is 0 Å². The van der Waals surface area contributed by atoms with Crippen molar-refractivity contribution in [2.24, 2.45) is 0 Å². The summed E-state index contributed by atoms with van der Waals surface area (Å²) in [5.41, 5.74) is 3.26. The van der Waals surface area contributed by atoms with E-state index in [0.29, 0.717) is 12.1 Å². The van der Waals surface area contributed by atoms with Crippen LogP contribution in [0.1, 0.15) is 16.8 Å². The van der Waals surface area contributed by atoms with Gasteiger partial charge in [0.25, 0.3) is 0 Å². The van der Waals surface area contributed by atoms with Crippen molar-refractivity contribution in [1.82, 2.24) is 15.3 Å². The van der Waals surface area contributed by atoms with E-state index in [0.717, 1.165) is 21.8 Å². The molecule has 0 aliphatic heterocycles. The number of hydrogen-bond donors (Lipinski definition) is 1. The topological polar surface area (TPSA) is 78.7 Å². The third-order valence-corrected chi connectivity index (χ3v) is 4.31. The highest BCUT2D eigenvalue weighted by atomic mass is 32.1. The van der Waals surface area contributed by atoms with Crippen molar-refractivity contribution in [3.05, 3.63) is 71.0 Å². The number of carbonyl (C=O) groups is 1. The quantitative estimate of drug-likeness (QED) is 0.778. The Morgan fingerprint density at radius 3 is 2.79 bits per heavy atom. The lowest BCUT2D eigenvalue weighted by molar-refractivity contribution is -0.120. The summed E-state index contributed by atoms with van der Waals surface area (Å²) in [6.07, 6.45) is 3.72. The average Bonchev–Trinajstić information content (AvgIpc) is 3.09. The minimum absolute atomic E-state index is 0.0811. The van der Waals surface area contributed by atoms with Crippen molar-refractivity contribution in [2.75, 3.05) is 0 Å². The Labute approximate surface area is 143 Å². The van der Waals surface area contributed by atoms with Gasteiger partial charge >= 0.3 is 0 Å². The maximum Gasteiger partial charge on any atom is 0.226 e. The third-order valence-electron chi connectivity index (χ3n) is 3.37. The van der Waals surface area contributed by atoms with Crippen molar-refractivity contribution in [1.29, 1.82) is 5.26 Å². The van der Waals surface area contributed by atoms with E-state index in [1.54, 1.807) is 24.5 Å². The molecule has 0 saturated carbocycles. The molecule has 2 heterocycles. The van der Waals surface area contributed by atoms with E-state index in [1.807, 2.05) is 29.6 Å². The number of carbonyl (C=O) groups excluding carboxylic acids is 1. The Morgan fingerprint density at radius 1 is 1.25 bits per heavy atom. The predicted molar refractivity (Wildman–Crippen MR) is 92.1 cm³/mol. The number of nitrogens with zero attached hydrogens (tertiary/aromatic N) is 3. The van der Waals surface area contributed by atoms with Crippen LogP contribution < -0.4 is 5.32 Å². The van der Waals surface area contributed by atoms with E-state index >= 15 is 0 Å². The van der Waals surface area contributed by atoms with Gasteiger partial charge in [0.05, 0.1) is 23.7 Å². The second kappa shape index (κ2) is 7.49. The molecule has 5 nitrogen and oxygen atoms in total. The number of nitriles is 1. The molecule has 118 valence electrons. The Kier molecular flexibility index (Phi) is 4.94. The van der Waals surface area contributed by atoms with Crippen molar-refractivity contribution in [3.63, 3.8) is 0 Å². The van der Waals surface area contributed by atoms with Crippen LogP contribution in [0.2, 0.25) is 0 Å². The molecule has 0 saturated heterocycles. The minimum atomic E-state index is -0.0811. The Balaban J connectivity index is 1.55. The van der Waals surface area contributed by atoms with Gasteiger partial charge in [-0.3, -0.25) is 9.78 Å². The molecule has 6 heteroatoms. The molecule has 2 aromatic heterocycles. The normalized spacial score (nSPS) is 10.1. The SMILES string of the molecule is N#Cc1ccc(CNC(=O)Cc2csc(-c3cccnc3)n2)cc1. The van der Waals surface area contributed by atoms with Gasteiger partial charge < -0.3 is 5.32 Å². The average molecular weight is 334 g/mol. The zero-order chi connectivity index (χ0) is 16.8. The van der Waals surface area contributed by atoms with Gasteiger partial charge in [-0.1, -0.05) is 12.1 Å². The van der Waals surface area contributed by atoms with Gasteiger partial charge in [0.2, 0.25) is 5.91 Å². The third kappa shape index (κ3) is 4.03. The Morgan fingerprint density at radius 2 is 2.08 bits per heavy atom. The molecule has 3 aromatic rings. The van der Waals surface area contributed by atoms with Crippen LogP contribution in [0.15, 0.2) is 54.2 Å². The zero-order valence-corrected chi connectivity index (χ0v) is 13.6. The smallest absolute Gasteiger partial charge is 0.226 e. The van der Waals surface area contributed by atoms with E-state index in [1.165, 1.54) is 11.3 Å². The first kappa shape index (κ1) is 15.8. The fourth-order valence-electron chi connectivity index (χ4n) is 2.13. The summed E-state index contributed by atoms with van der Waals surface area (Å²) in [6.45, 7) is 0.435. The zero-order valence-electron chi connectivity index (χ0n) is 12.8. The molecule has 3 rings (SSSR count). The van der Waals surface area contributed by atoms with Crippen LogP contribution >= 0.6 is 11.3 Å². The summed E-state index contributed by atoms with van der Waals surface area (Å²) in [5, 5.41) is 14.4. The highest BCUT2D eigenvalue weighted by molar-refractivity contribution is 7.13. The second-order valence-corrected chi connectivity index (χ2v) is 6.01. The largest absolute Gasteiger partial charge is 0.352 e. The van der Waals surface area contributed by atoms with Crippen molar-refractivity contribution < 1.29 is 4.79 Å². The van der Waals surface area contributed by atoms with Crippen molar-refractivity contribution in [2.45, 2.75) is 13.0 Å². The lowest BCUT2D eigenvalue weighted by atomic mass is 10.1. The van der Waals surface area contributed by atoms with Gasteiger partial charge in [0.1, 0.15) is 5.01 Å². The number of rotatable bonds is 5. The molecular weight excluding hydrogens is 320 g/mol. The predicted octanol–water partition coefficient (Wildman–Crippen LogP) is 2.94. The summed E-state index contributed by atoms with van der Waals surface area (Å²) in [5.74, 6) is -0.0811. The van der Waals surface area contributed by atoms with Crippen LogP contribution in [-0.2, 0) is 17.8 Å². The number of thiazole rings is 1. The van der Waals surface area contributed by atoms with Gasteiger partial charge in [0.15, 0.2) is 0 Å². The number of hydrogen-bond acceptors (Lipinski definition) is 5. The van der Waals surface area contributed by atoms with Crippen LogP contribution in [0.4, 0.5) is 0 Å². The van der Waals surface area contributed by atoms with E-state index in [4.69, 9.17) is 5.26 Å². The summed E-state index contributed by atoms with van der Waals surface area (Å²) in [6, 6.07) is 13.0. The lowest BCUT2D eigenvalue weighted by Gasteiger charge is -2.04. The summed E-state index contributed by atoms with van der Waals surface area (Å²) >= 11 is 1.50. The van der Waals surface area contributed by atoms with Gasteiger partial charge in [0, 0.05) is 29.9 Å². The molecule has 0 bridgehead atoms. The van der Waals surface area contributed by atoms with Gasteiger partial charge in [-0.2, -0.15) is 5.26 Å². The van der Waals surface area contributed by atoms with Gasteiger partial charge in [-0.05, 0) is 29.8 Å². The monoisotopic (exact) mass is 334 g/mol. The molecule has 1 N–H and O–H groups in total. The molecule has 0 atom stereocenters. The fraction of sp³-hybridized carbons (Fsp3) is 0.111. The van der Waals surface area contributed by atoms with E-state index in [9.17, 15) is 4.79 Å². The molecule has 0 aliphatic rings. The highest BCUT2D eigenvalue weighted by Crippen LogP contribution is 2.22. The van der Waals surface area contributed by atoms with Crippen LogP contribution in [-0.4, -0.2) is 15.9 Å². The fourth-order valence-corrected chi connectivity index (χ4v) is 2.95. The van der Waals surface area contributed by atoms with Crippen molar-refractivity contribution in [3.8, 4) is 16.6 Å². The molecule has 1 amide bonds. The summed E-state index contributed by atoms with van der Waals surface area (Å²) < 4.78 is 0. The first-order valence-corrected chi connectivity index (χ1v) is 8.23.